The lowest BCUT2D eigenvalue weighted by atomic mass is 9.86. The minimum Gasteiger partial charge on any atom is -0.348 e. The van der Waals surface area contributed by atoms with Gasteiger partial charge in [-0.15, -0.1) is 0 Å². The number of imidazole rings is 1. The third kappa shape index (κ3) is 4.55. The smallest absolute Gasteiger partial charge is 0.216 e. The van der Waals surface area contributed by atoms with Crippen molar-refractivity contribution in [2.75, 3.05) is 0 Å². The first-order valence-corrected chi connectivity index (χ1v) is 12.6. The number of sulfonamides is 1. The summed E-state index contributed by atoms with van der Waals surface area (Å²) in [6.45, 7) is 9.44. The second kappa shape index (κ2) is 8.06. The van der Waals surface area contributed by atoms with Crippen molar-refractivity contribution in [1.82, 2.24) is 24.5 Å². The molecule has 0 saturated heterocycles. The Labute approximate surface area is 184 Å². The van der Waals surface area contributed by atoms with E-state index in [1.807, 2.05) is 16.9 Å². The second-order valence-corrected chi connectivity index (χ2v) is 12.4. The van der Waals surface area contributed by atoms with Gasteiger partial charge < -0.3 is 4.98 Å². The summed E-state index contributed by atoms with van der Waals surface area (Å²) in [4.78, 5) is 8.23. The van der Waals surface area contributed by atoms with Crippen LogP contribution >= 0.6 is 0 Å². The molecule has 3 aromatic rings. The monoisotopic (exact) mass is 443 g/mol. The van der Waals surface area contributed by atoms with Crippen molar-refractivity contribution in [2.45, 2.75) is 83.1 Å². The van der Waals surface area contributed by atoms with Crippen molar-refractivity contribution < 1.29 is 8.42 Å². The molecule has 0 unspecified atom stereocenters. The number of rotatable bonds is 5. The largest absolute Gasteiger partial charge is 0.348 e. The fraction of sp³-hybridized carbons (Fsp3) is 0.565. The van der Waals surface area contributed by atoms with Crippen molar-refractivity contribution in [2.24, 2.45) is 0 Å². The SMILES string of the molecule is CC(C)n1cc2cc(-c3c[nH]c([C@H]4CC[C@H](NS(=O)(=O)C(C)(C)C)CC4)n3)ccc2n1. The summed E-state index contributed by atoms with van der Waals surface area (Å²) < 4.78 is 29.0. The predicted molar refractivity (Wildman–Crippen MR) is 125 cm³/mol. The molecular formula is C23H33N5O2S. The van der Waals surface area contributed by atoms with E-state index in [9.17, 15) is 8.42 Å². The van der Waals surface area contributed by atoms with E-state index in [4.69, 9.17) is 4.98 Å². The lowest BCUT2D eigenvalue weighted by Crippen LogP contribution is -2.45. The normalized spacial score (nSPS) is 20.6. The van der Waals surface area contributed by atoms with Crippen molar-refractivity contribution in [3.8, 4) is 11.3 Å². The van der Waals surface area contributed by atoms with Gasteiger partial charge in [-0.25, -0.2) is 18.1 Å². The van der Waals surface area contributed by atoms with E-state index in [1.54, 1.807) is 20.8 Å². The third-order valence-electron chi connectivity index (χ3n) is 6.19. The molecule has 8 heteroatoms. The number of nitrogens with one attached hydrogen (secondary N) is 2. The van der Waals surface area contributed by atoms with Crippen LogP contribution in [0.1, 0.15) is 78.1 Å². The van der Waals surface area contributed by atoms with Crippen LogP contribution in [0.2, 0.25) is 0 Å². The molecule has 0 radical (unpaired) electrons. The maximum atomic E-state index is 12.4. The van der Waals surface area contributed by atoms with Crippen molar-refractivity contribution in [1.29, 1.82) is 0 Å². The highest BCUT2D eigenvalue weighted by Crippen LogP contribution is 2.33. The number of benzene rings is 1. The van der Waals surface area contributed by atoms with Crippen molar-refractivity contribution >= 4 is 20.9 Å². The number of aromatic amines is 1. The number of aromatic nitrogens is 4. The van der Waals surface area contributed by atoms with Gasteiger partial charge >= 0.3 is 0 Å². The Bertz CT molecular complexity index is 1160. The van der Waals surface area contributed by atoms with Crippen LogP contribution in [0.25, 0.3) is 22.2 Å². The molecule has 0 atom stereocenters. The molecule has 1 saturated carbocycles. The van der Waals surface area contributed by atoms with Crippen molar-refractivity contribution in [3.63, 3.8) is 0 Å². The van der Waals surface area contributed by atoms with Crippen molar-refractivity contribution in [3.05, 3.63) is 36.4 Å². The molecule has 1 aliphatic carbocycles. The molecule has 7 nitrogen and oxygen atoms in total. The summed E-state index contributed by atoms with van der Waals surface area (Å²) in [5, 5.41) is 5.73. The predicted octanol–water partition coefficient (Wildman–Crippen LogP) is 4.75. The summed E-state index contributed by atoms with van der Waals surface area (Å²) in [6.07, 6.45) is 7.55. The quantitative estimate of drug-likeness (QED) is 0.595. The van der Waals surface area contributed by atoms with Gasteiger partial charge in [0.1, 0.15) is 5.82 Å². The van der Waals surface area contributed by atoms with Gasteiger partial charge in [0.25, 0.3) is 0 Å². The Morgan fingerprint density at radius 2 is 1.87 bits per heavy atom. The molecule has 2 heterocycles. The molecule has 0 bridgehead atoms. The second-order valence-electron chi connectivity index (χ2n) is 9.93. The van der Waals surface area contributed by atoms with E-state index in [0.29, 0.717) is 12.0 Å². The Kier molecular flexibility index (Phi) is 5.72. The van der Waals surface area contributed by atoms with Crippen LogP contribution in [0.5, 0.6) is 0 Å². The minimum absolute atomic E-state index is 0.00908. The minimum atomic E-state index is -3.31. The van der Waals surface area contributed by atoms with Gasteiger partial charge in [0, 0.05) is 41.3 Å². The molecule has 1 fully saturated rings. The Hall–Kier alpha value is -2.19. The average Bonchev–Trinajstić information content (AvgIpc) is 3.34. The maximum Gasteiger partial charge on any atom is 0.216 e. The van der Waals surface area contributed by atoms with Gasteiger partial charge in [0.05, 0.1) is 16.0 Å². The number of H-pyrrole nitrogens is 1. The van der Waals surface area contributed by atoms with E-state index in [-0.39, 0.29) is 6.04 Å². The van der Waals surface area contributed by atoms with Crippen LogP contribution in [0, 0.1) is 0 Å². The standard InChI is InChI=1S/C23H33N5O2S/c1-15(2)28-14-18-12-17(8-11-20(18)26-28)21-13-24-22(25-21)16-6-9-19(10-7-16)27-31(29,30)23(3,4)5/h8,11-16,19,27H,6-7,9-10H2,1-5H3,(H,24,25)/t16-,19-. The van der Waals surface area contributed by atoms with Gasteiger partial charge in [0.2, 0.25) is 10.0 Å². The summed E-state index contributed by atoms with van der Waals surface area (Å²) in [7, 11) is -3.31. The molecule has 2 aromatic heterocycles. The fourth-order valence-corrected chi connectivity index (χ4v) is 5.07. The highest BCUT2D eigenvalue weighted by Gasteiger charge is 2.33. The molecule has 0 spiro atoms. The van der Waals surface area contributed by atoms with Crippen LogP contribution in [0.15, 0.2) is 30.6 Å². The van der Waals surface area contributed by atoms with Crippen LogP contribution in [-0.2, 0) is 10.0 Å². The molecule has 31 heavy (non-hydrogen) atoms. The molecule has 4 rings (SSSR count). The summed E-state index contributed by atoms with van der Waals surface area (Å²) >= 11 is 0. The first-order valence-electron chi connectivity index (χ1n) is 11.1. The topological polar surface area (TPSA) is 92.7 Å². The van der Waals surface area contributed by atoms with E-state index < -0.39 is 14.8 Å². The lowest BCUT2D eigenvalue weighted by Gasteiger charge is -2.30. The summed E-state index contributed by atoms with van der Waals surface area (Å²) in [6, 6.07) is 6.59. The van der Waals surface area contributed by atoms with Crippen LogP contribution in [0.3, 0.4) is 0 Å². The van der Waals surface area contributed by atoms with E-state index in [0.717, 1.165) is 53.7 Å². The molecule has 168 valence electrons. The van der Waals surface area contributed by atoms with Gasteiger partial charge in [-0.1, -0.05) is 6.07 Å². The Morgan fingerprint density at radius 1 is 1.16 bits per heavy atom. The lowest BCUT2D eigenvalue weighted by molar-refractivity contribution is 0.364. The van der Waals surface area contributed by atoms with Crippen LogP contribution in [-0.4, -0.2) is 39.0 Å². The number of hydrogen-bond acceptors (Lipinski definition) is 4. The van der Waals surface area contributed by atoms with E-state index in [2.05, 4.69) is 47.0 Å². The first kappa shape index (κ1) is 22.0. The van der Waals surface area contributed by atoms with Gasteiger partial charge in [-0.05, 0) is 72.4 Å². The molecule has 1 aromatic carbocycles. The number of nitrogens with zero attached hydrogens (tertiary/aromatic N) is 3. The summed E-state index contributed by atoms with van der Waals surface area (Å²) in [5.41, 5.74) is 3.00. The molecule has 1 aliphatic rings. The molecular weight excluding hydrogens is 410 g/mol. The average molecular weight is 444 g/mol. The molecule has 2 N–H and O–H groups in total. The van der Waals surface area contributed by atoms with E-state index in [1.165, 1.54) is 0 Å². The third-order valence-corrected chi connectivity index (χ3v) is 8.44. The fourth-order valence-electron chi connectivity index (χ4n) is 4.04. The first-order chi connectivity index (χ1) is 14.5. The van der Waals surface area contributed by atoms with Gasteiger partial charge in [0.15, 0.2) is 0 Å². The highest BCUT2D eigenvalue weighted by molar-refractivity contribution is 7.90. The zero-order valence-corrected chi connectivity index (χ0v) is 19.8. The van der Waals surface area contributed by atoms with Crippen LogP contribution in [0.4, 0.5) is 0 Å². The highest BCUT2D eigenvalue weighted by atomic mass is 32.2. The zero-order chi connectivity index (χ0) is 22.4. The summed E-state index contributed by atoms with van der Waals surface area (Å²) in [5.74, 6) is 1.32. The van der Waals surface area contributed by atoms with Crippen LogP contribution < -0.4 is 4.72 Å². The van der Waals surface area contributed by atoms with Gasteiger partial charge in [-0.3, -0.25) is 4.68 Å². The number of fused-ring (bicyclic) bond motifs is 1. The maximum absolute atomic E-state index is 12.4. The zero-order valence-electron chi connectivity index (χ0n) is 19.0. The van der Waals surface area contributed by atoms with E-state index >= 15 is 0 Å². The Balaban J connectivity index is 1.43. The van der Waals surface area contributed by atoms with Gasteiger partial charge in [-0.2, -0.15) is 5.10 Å². The Morgan fingerprint density at radius 3 is 2.52 bits per heavy atom. The molecule has 0 aliphatic heterocycles. The number of hydrogen-bond donors (Lipinski definition) is 2. The molecule has 0 amide bonds.